The van der Waals surface area contributed by atoms with Crippen LogP contribution in [0.1, 0.15) is 0 Å². The molecule has 0 radical (unpaired) electrons. The number of carbonyl (C=O) groups is 1. The van der Waals surface area contributed by atoms with E-state index in [1.54, 1.807) is 32.4 Å². The molecule has 0 fully saturated rings. The Morgan fingerprint density at radius 3 is 2.59 bits per heavy atom. The number of methoxy groups -OCH3 is 3. The van der Waals surface area contributed by atoms with Crippen molar-refractivity contribution >= 4 is 11.7 Å². The van der Waals surface area contributed by atoms with Gasteiger partial charge in [-0.05, 0) is 12.1 Å². The minimum Gasteiger partial charge on any atom is -0.497 e. The Bertz CT molecular complexity index is 415. The molecule has 0 amide bonds. The monoisotopic (exact) mass is 237 g/mol. The third-order valence-electron chi connectivity index (χ3n) is 2.07. The van der Waals surface area contributed by atoms with Crippen LogP contribution in [0.3, 0.4) is 0 Å². The van der Waals surface area contributed by atoms with Crippen LogP contribution in [-0.4, -0.2) is 27.3 Å². The van der Waals surface area contributed by atoms with Gasteiger partial charge in [0.05, 0.1) is 27.0 Å². The van der Waals surface area contributed by atoms with Gasteiger partial charge in [-0.3, -0.25) is 0 Å². The van der Waals surface area contributed by atoms with Crippen molar-refractivity contribution in [2.45, 2.75) is 0 Å². The average Bonchev–Trinajstić information content (AvgIpc) is 2.38. The SMILES string of the molecule is COC(=O)/C=C/Nc1cc(OC)ccc1OC. The van der Waals surface area contributed by atoms with Crippen molar-refractivity contribution < 1.29 is 19.0 Å². The third-order valence-corrected chi connectivity index (χ3v) is 2.07. The molecule has 5 heteroatoms. The van der Waals surface area contributed by atoms with Crippen LogP contribution < -0.4 is 14.8 Å². The van der Waals surface area contributed by atoms with Crippen LogP contribution in [0.15, 0.2) is 30.5 Å². The highest BCUT2D eigenvalue weighted by Gasteiger charge is 2.03. The number of hydrogen-bond donors (Lipinski definition) is 1. The zero-order chi connectivity index (χ0) is 12.7. The maximum atomic E-state index is 10.9. The van der Waals surface area contributed by atoms with Gasteiger partial charge in [-0.1, -0.05) is 0 Å². The van der Waals surface area contributed by atoms with Crippen LogP contribution in [0.25, 0.3) is 0 Å². The number of rotatable bonds is 5. The van der Waals surface area contributed by atoms with Crippen molar-refractivity contribution in [2.75, 3.05) is 26.6 Å². The summed E-state index contributed by atoms with van der Waals surface area (Å²) >= 11 is 0. The third kappa shape index (κ3) is 3.71. The maximum Gasteiger partial charge on any atom is 0.331 e. The molecule has 0 aliphatic rings. The van der Waals surface area contributed by atoms with E-state index in [1.165, 1.54) is 19.4 Å². The number of carbonyl (C=O) groups excluding carboxylic acids is 1. The molecular formula is C12H15NO4. The lowest BCUT2D eigenvalue weighted by molar-refractivity contribution is -0.134. The highest BCUT2D eigenvalue weighted by atomic mass is 16.5. The maximum absolute atomic E-state index is 10.9. The topological polar surface area (TPSA) is 56.8 Å². The molecule has 0 unspecified atom stereocenters. The fraction of sp³-hybridized carbons (Fsp3) is 0.250. The van der Waals surface area contributed by atoms with E-state index in [-0.39, 0.29) is 0 Å². The van der Waals surface area contributed by atoms with E-state index in [4.69, 9.17) is 9.47 Å². The van der Waals surface area contributed by atoms with E-state index >= 15 is 0 Å². The normalized spacial score (nSPS) is 10.1. The minimum atomic E-state index is -0.431. The molecule has 0 atom stereocenters. The quantitative estimate of drug-likeness (QED) is 0.625. The Hall–Kier alpha value is -2.17. The molecule has 0 bridgehead atoms. The molecule has 92 valence electrons. The molecule has 17 heavy (non-hydrogen) atoms. The number of benzene rings is 1. The van der Waals surface area contributed by atoms with Gasteiger partial charge in [0.1, 0.15) is 11.5 Å². The van der Waals surface area contributed by atoms with E-state index in [1.807, 2.05) is 0 Å². The molecule has 0 spiro atoms. The zero-order valence-corrected chi connectivity index (χ0v) is 10.0. The lowest BCUT2D eigenvalue weighted by atomic mass is 10.2. The first kappa shape index (κ1) is 12.9. The fourth-order valence-corrected chi connectivity index (χ4v) is 1.19. The minimum absolute atomic E-state index is 0.431. The van der Waals surface area contributed by atoms with E-state index in [9.17, 15) is 4.79 Å². The summed E-state index contributed by atoms with van der Waals surface area (Å²) in [7, 11) is 4.46. The van der Waals surface area contributed by atoms with Crippen LogP contribution >= 0.6 is 0 Å². The van der Waals surface area contributed by atoms with Gasteiger partial charge in [0.15, 0.2) is 0 Å². The first-order valence-corrected chi connectivity index (χ1v) is 4.94. The highest BCUT2D eigenvalue weighted by Crippen LogP contribution is 2.28. The summed E-state index contributed by atoms with van der Waals surface area (Å²) in [5, 5.41) is 2.92. The van der Waals surface area contributed by atoms with E-state index in [0.717, 1.165) is 0 Å². The summed E-state index contributed by atoms with van der Waals surface area (Å²) in [4.78, 5) is 10.9. The zero-order valence-electron chi connectivity index (χ0n) is 10.0. The van der Waals surface area contributed by atoms with E-state index in [2.05, 4.69) is 10.1 Å². The van der Waals surface area contributed by atoms with Gasteiger partial charge in [-0.2, -0.15) is 0 Å². The van der Waals surface area contributed by atoms with Crippen LogP contribution in [-0.2, 0) is 9.53 Å². The molecule has 0 aliphatic heterocycles. The van der Waals surface area contributed by atoms with Gasteiger partial charge in [0, 0.05) is 18.3 Å². The second kappa shape index (κ2) is 6.42. The standard InChI is InChI=1S/C12H15NO4/c1-15-9-4-5-11(16-2)10(8-9)13-7-6-12(14)17-3/h4-8,13H,1-3H3/b7-6+. The van der Waals surface area contributed by atoms with Gasteiger partial charge >= 0.3 is 5.97 Å². The fourth-order valence-electron chi connectivity index (χ4n) is 1.19. The van der Waals surface area contributed by atoms with Gasteiger partial charge in [-0.25, -0.2) is 4.79 Å². The van der Waals surface area contributed by atoms with Crippen molar-refractivity contribution in [3.8, 4) is 11.5 Å². The summed E-state index contributed by atoms with van der Waals surface area (Å²) in [6.07, 6.45) is 2.75. The summed E-state index contributed by atoms with van der Waals surface area (Å²) in [6, 6.07) is 5.32. The van der Waals surface area contributed by atoms with Crippen LogP contribution in [0.4, 0.5) is 5.69 Å². The molecule has 0 saturated heterocycles. The smallest absolute Gasteiger partial charge is 0.331 e. The predicted molar refractivity (Wildman–Crippen MR) is 64.3 cm³/mol. The van der Waals surface area contributed by atoms with E-state index in [0.29, 0.717) is 17.2 Å². The van der Waals surface area contributed by atoms with Crippen LogP contribution in [0, 0.1) is 0 Å². The van der Waals surface area contributed by atoms with Crippen molar-refractivity contribution in [1.29, 1.82) is 0 Å². The Balaban J connectivity index is 2.80. The first-order valence-electron chi connectivity index (χ1n) is 4.94. The number of nitrogens with one attached hydrogen (secondary N) is 1. The molecule has 0 saturated carbocycles. The second-order valence-electron chi connectivity index (χ2n) is 3.07. The molecule has 1 aromatic rings. The molecule has 1 aromatic carbocycles. The molecule has 0 heterocycles. The van der Waals surface area contributed by atoms with Crippen LogP contribution in [0.5, 0.6) is 11.5 Å². The van der Waals surface area contributed by atoms with Crippen molar-refractivity contribution in [3.05, 3.63) is 30.5 Å². The van der Waals surface area contributed by atoms with E-state index < -0.39 is 5.97 Å². The highest BCUT2D eigenvalue weighted by molar-refractivity contribution is 5.82. The summed E-state index contributed by atoms with van der Waals surface area (Å²) in [6.45, 7) is 0. The Morgan fingerprint density at radius 1 is 1.24 bits per heavy atom. The van der Waals surface area contributed by atoms with Gasteiger partial charge in [-0.15, -0.1) is 0 Å². The summed E-state index contributed by atoms with van der Waals surface area (Å²) < 4.78 is 14.7. The second-order valence-corrected chi connectivity index (χ2v) is 3.07. The molecule has 1 rings (SSSR count). The molecule has 5 nitrogen and oxygen atoms in total. The summed E-state index contributed by atoms with van der Waals surface area (Å²) in [5.74, 6) is 0.916. The molecular weight excluding hydrogens is 222 g/mol. The van der Waals surface area contributed by atoms with Crippen molar-refractivity contribution in [1.82, 2.24) is 0 Å². The molecule has 1 N–H and O–H groups in total. The van der Waals surface area contributed by atoms with Crippen molar-refractivity contribution in [3.63, 3.8) is 0 Å². The number of ether oxygens (including phenoxy) is 3. The van der Waals surface area contributed by atoms with Crippen molar-refractivity contribution in [2.24, 2.45) is 0 Å². The van der Waals surface area contributed by atoms with Gasteiger partial charge in [0.25, 0.3) is 0 Å². The largest absolute Gasteiger partial charge is 0.497 e. The molecule has 0 aromatic heterocycles. The lowest BCUT2D eigenvalue weighted by Gasteiger charge is -2.09. The Morgan fingerprint density at radius 2 is 2.00 bits per heavy atom. The number of hydrogen-bond acceptors (Lipinski definition) is 5. The average molecular weight is 237 g/mol. The number of anilines is 1. The molecule has 0 aliphatic carbocycles. The van der Waals surface area contributed by atoms with Gasteiger partial charge in [0.2, 0.25) is 0 Å². The first-order chi connectivity index (χ1) is 8.21. The van der Waals surface area contributed by atoms with Crippen LogP contribution in [0.2, 0.25) is 0 Å². The number of esters is 1. The lowest BCUT2D eigenvalue weighted by Crippen LogP contribution is -1.98. The Labute approximate surface area is 100.0 Å². The summed E-state index contributed by atoms with van der Waals surface area (Å²) in [5.41, 5.74) is 0.701. The predicted octanol–water partition coefficient (Wildman–Crippen LogP) is 1.80. The van der Waals surface area contributed by atoms with Gasteiger partial charge < -0.3 is 19.5 Å². The Kier molecular flexibility index (Phi) is 4.87.